The van der Waals surface area contributed by atoms with Gasteiger partial charge in [-0.3, -0.25) is 33.9 Å². The van der Waals surface area contributed by atoms with Gasteiger partial charge >= 0.3 is 5.97 Å². The summed E-state index contributed by atoms with van der Waals surface area (Å²) < 4.78 is 16.3. The van der Waals surface area contributed by atoms with E-state index in [0.717, 1.165) is 11.3 Å². The summed E-state index contributed by atoms with van der Waals surface area (Å²) in [4.78, 5) is 69.3. The summed E-state index contributed by atoms with van der Waals surface area (Å²) >= 11 is 0. The fourth-order valence-electron chi connectivity index (χ4n) is 6.05. The maximum atomic E-state index is 13.7. The molecule has 274 valence electrons. The molecule has 5 rings (SSSR count). The topological polar surface area (TPSA) is 185 Å². The monoisotopic (exact) mass is 713 g/mol. The first kappa shape index (κ1) is 37.5. The second-order valence-electron chi connectivity index (χ2n) is 12.7. The van der Waals surface area contributed by atoms with E-state index in [-0.39, 0.29) is 49.9 Å². The van der Waals surface area contributed by atoms with Gasteiger partial charge in [0.1, 0.15) is 18.7 Å². The van der Waals surface area contributed by atoms with Gasteiger partial charge < -0.3 is 35.3 Å². The van der Waals surface area contributed by atoms with E-state index in [1.807, 2.05) is 24.3 Å². The highest BCUT2D eigenvalue weighted by atomic mass is 16.5. The fourth-order valence-corrected chi connectivity index (χ4v) is 6.05. The minimum atomic E-state index is -0.958. The van der Waals surface area contributed by atoms with Crippen LogP contribution in [-0.2, 0) is 43.5 Å². The number of aliphatic hydroxyl groups is 1. The van der Waals surface area contributed by atoms with Crippen LogP contribution in [0, 0.1) is 0 Å². The van der Waals surface area contributed by atoms with Crippen LogP contribution in [-0.4, -0.2) is 73.3 Å². The average molecular weight is 714 g/mol. The van der Waals surface area contributed by atoms with Crippen molar-refractivity contribution in [3.63, 3.8) is 0 Å². The Labute approximate surface area is 301 Å². The normalized spacial score (nSPS) is 15.3. The van der Waals surface area contributed by atoms with Crippen molar-refractivity contribution in [3.05, 3.63) is 76.9 Å². The van der Waals surface area contributed by atoms with Crippen molar-refractivity contribution in [1.29, 1.82) is 0 Å². The number of anilines is 2. The number of aliphatic hydroxyl groups excluding tert-OH is 1. The van der Waals surface area contributed by atoms with Crippen LogP contribution in [0.5, 0.6) is 11.5 Å². The van der Waals surface area contributed by atoms with Crippen LogP contribution >= 0.6 is 0 Å². The summed E-state index contributed by atoms with van der Waals surface area (Å²) in [6.07, 6.45) is 3.74. The molecule has 2 aliphatic rings. The molecule has 0 aliphatic carbocycles. The van der Waals surface area contributed by atoms with Crippen molar-refractivity contribution >= 4 is 52.9 Å². The van der Waals surface area contributed by atoms with Crippen molar-refractivity contribution in [2.24, 2.45) is 4.99 Å². The molecule has 4 N–H and O–H groups in total. The van der Waals surface area contributed by atoms with Crippen molar-refractivity contribution in [2.75, 3.05) is 24.4 Å². The van der Waals surface area contributed by atoms with Gasteiger partial charge in [0, 0.05) is 42.9 Å². The number of rotatable bonds is 15. The van der Waals surface area contributed by atoms with Crippen molar-refractivity contribution in [1.82, 2.24) is 10.6 Å². The first-order chi connectivity index (χ1) is 25.0. The number of nitrogens with one attached hydrogen (secondary N) is 3. The van der Waals surface area contributed by atoms with Gasteiger partial charge in [-0.25, -0.2) is 0 Å². The van der Waals surface area contributed by atoms with E-state index < -0.39 is 23.9 Å². The van der Waals surface area contributed by atoms with Crippen LogP contribution < -0.4 is 30.3 Å². The van der Waals surface area contributed by atoms with Gasteiger partial charge in [-0.1, -0.05) is 18.2 Å². The molecular weight excluding hydrogens is 670 g/mol. The summed E-state index contributed by atoms with van der Waals surface area (Å²) in [7, 11) is 2.78. The predicted octanol–water partition coefficient (Wildman–Crippen LogP) is 3.74. The van der Waals surface area contributed by atoms with E-state index >= 15 is 0 Å². The van der Waals surface area contributed by atoms with Gasteiger partial charge in [0.15, 0.2) is 11.5 Å². The molecule has 0 fully saturated rings. The zero-order valence-electron chi connectivity index (χ0n) is 29.6. The number of methoxy groups -OCH3 is 2. The van der Waals surface area contributed by atoms with E-state index in [2.05, 4.69) is 25.7 Å². The molecule has 52 heavy (non-hydrogen) atoms. The zero-order chi connectivity index (χ0) is 37.4. The molecule has 0 saturated carbocycles. The number of amides is 4. The molecular formula is C38H43N5O9. The minimum Gasteiger partial charge on any atom is -0.493 e. The highest BCUT2D eigenvalue weighted by molar-refractivity contribution is 6.14. The largest absolute Gasteiger partial charge is 0.493 e. The fraction of sp³-hybridized carbons (Fsp3) is 0.368. The quantitative estimate of drug-likeness (QED) is 0.135. The molecule has 3 aromatic carbocycles. The number of carbonyl (C=O) groups is 5. The van der Waals surface area contributed by atoms with E-state index in [1.54, 1.807) is 41.4 Å². The Balaban J connectivity index is 1.19. The lowest BCUT2D eigenvalue weighted by Gasteiger charge is -2.22. The van der Waals surface area contributed by atoms with Gasteiger partial charge in [0.25, 0.3) is 5.91 Å². The van der Waals surface area contributed by atoms with Gasteiger partial charge in [0.2, 0.25) is 17.7 Å². The number of aliphatic imine (C=N–C) groups is 1. The van der Waals surface area contributed by atoms with Crippen LogP contribution in [0.3, 0.4) is 0 Å². The van der Waals surface area contributed by atoms with E-state index in [1.165, 1.54) is 28.1 Å². The Morgan fingerprint density at radius 3 is 2.40 bits per heavy atom. The Bertz CT molecular complexity index is 1880. The van der Waals surface area contributed by atoms with Crippen molar-refractivity contribution in [2.45, 2.75) is 77.3 Å². The van der Waals surface area contributed by atoms with Gasteiger partial charge in [-0.15, -0.1) is 0 Å². The molecule has 2 aliphatic heterocycles. The molecule has 0 radical (unpaired) electrons. The molecule has 4 amide bonds. The van der Waals surface area contributed by atoms with E-state index in [4.69, 9.17) is 9.47 Å². The third-order valence-electron chi connectivity index (χ3n) is 8.81. The molecule has 0 saturated heterocycles. The van der Waals surface area contributed by atoms with Gasteiger partial charge in [-0.05, 0) is 73.7 Å². The number of ether oxygens (including phenoxy) is 3. The number of fused-ring (bicyclic) bond motifs is 4. The number of hydrogen-bond donors (Lipinski definition) is 4. The maximum absolute atomic E-state index is 13.7. The second-order valence-corrected chi connectivity index (χ2v) is 12.7. The first-order valence-corrected chi connectivity index (χ1v) is 17.0. The molecule has 3 aromatic rings. The molecule has 0 bridgehead atoms. The first-order valence-electron chi connectivity index (χ1n) is 17.0. The van der Waals surface area contributed by atoms with Crippen LogP contribution in [0.15, 0.2) is 59.6 Å². The number of benzene rings is 3. The number of hydrogen-bond acceptors (Lipinski definition) is 10. The molecule has 0 aromatic heterocycles. The van der Waals surface area contributed by atoms with Gasteiger partial charge in [-0.2, -0.15) is 0 Å². The Hall–Kier alpha value is -5.76. The van der Waals surface area contributed by atoms with Crippen LogP contribution in [0.25, 0.3) is 0 Å². The molecule has 0 unspecified atom stereocenters. The molecule has 0 spiro atoms. The lowest BCUT2D eigenvalue weighted by molar-refractivity contribution is -0.140. The second kappa shape index (κ2) is 17.0. The predicted molar refractivity (Wildman–Crippen MR) is 193 cm³/mol. The summed E-state index contributed by atoms with van der Waals surface area (Å²) in [5, 5.41) is 17.9. The van der Waals surface area contributed by atoms with Crippen molar-refractivity contribution < 1.29 is 43.3 Å². The van der Waals surface area contributed by atoms with Crippen LogP contribution in [0.4, 0.5) is 17.1 Å². The number of unbranched alkanes of at least 4 members (excludes halogenated alkanes) is 1. The van der Waals surface area contributed by atoms with Crippen molar-refractivity contribution in [3.8, 4) is 11.5 Å². The number of para-hydroxylation sites is 1. The van der Waals surface area contributed by atoms with E-state index in [9.17, 15) is 29.1 Å². The Kier molecular flexibility index (Phi) is 12.2. The number of esters is 1. The minimum absolute atomic E-state index is 0.0256. The highest BCUT2D eigenvalue weighted by Gasteiger charge is 2.36. The molecule has 3 atom stereocenters. The SMILES string of the molecule is COC(=O)CCCCC(=O)N[C@@H](C)C(=O)N[C@@H](C)C(=O)Nc1cc(CO)cc(COc2cc3c(cc2OC)C(=O)N2c4ccccc4C[C@H]2C=N3)c1. The highest BCUT2D eigenvalue weighted by Crippen LogP contribution is 2.41. The number of carbonyl (C=O) groups excluding carboxylic acids is 5. The zero-order valence-corrected chi connectivity index (χ0v) is 29.6. The Morgan fingerprint density at radius 2 is 1.65 bits per heavy atom. The summed E-state index contributed by atoms with van der Waals surface area (Å²) in [5.74, 6) is -1.25. The Morgan fingerprint density at radius 1 is 0.923 bits per heavy atom. The molecule has 14 nitrogen and oxygen atoms in total. The standard InChI is InChI=1S/C38H43N5O9/c1-22(40-34(45)11-7-8-12-35(46)51-4)36(47)41-23(2)37(48)42-27-14-24(20-44)13-25(15-27)21-52-33-18-30-29(17-32(33)50-3)38(49)43-28(19-39-30)16-26-9-5-6-10-31(26)43/h5-6,9-10,13-15,17-19,22-23,28,44H,7-8,11-12,16,20-21H2,1-4H3,(H,40,45)(H,41,47)(H,42,48)/t22-,23-,28-/m0/s1. The molecule has 2 heterocycles. The summed E-state index contributed by atoms with van der Waals surface area (Å²) in [6, 6.07) is 14.0. The van der Waals surface area contributed by atoms with Crippen LogP contribution in [0.2, 0.25) is 0 Å². The van der Waals surface area contributed by atoms with Gasteiger partial charge in [0.05, 0.1) is 38.1 Å². The van der Waals surface area contributed by atoms with Crippen LogP contribution in [0.1, 0.15) is 66.6 Å². The smallest absolute Gasteiger partial charge is 0.305 e. The lowest BCUT2D eigenvalue weighted by Crippen LogP contribution is -2.50. The third-order valence-corrected chi connectivity index (χ3v) is 8.81. The summed E-state index contributed by atoms with van der Waals surface area (Å²) in [5.41, 5.74) is 4.29. The van der Waals surface area contributed by atoms with E-state index in [0.29, 0.717) is 58.8 Å². The maximum Gasteiger partial charge on any atom is 0.305 e. The lowest BCUT2D eigenvalue weighted by atomic mass is 10.1. The third kappa shape index (κ3) is 8.93. The average Bonchev–Trinajstić information content (AvgIpc) is 3.46. The summed E-state index contributed by atoms with van der Waals surface area (Å²) in [6.45, 7) is 2.74. The number of nitrogens with zero attached hydrogens (tertiary/aromatic N) is 2. The molecule has 14 heteroatoms.